The van der Waals surface area contributed by atoms with E-state index in [4.69, 9.17) is 4.74 Å². The fourth-order valence-corrected chi connectivity index (χ4v) is 4.39. The van der Waals surface area contributed by atoms with Gasteiger partial charge in [0.2, 0.25) is 15.9 Å². The standard InChI is InChI=1S/C22H28N2O4S/c1-16-7-9-17(10-8-16)14-24(29(3,26)27)15-22(25)23-21-6-4-5-18-13-19(28-2)11-12-20(18)21/h7-13,21H,4-6,14-15H2,1-3H3,(H,23,25)/t21-/m1/s1. The number of benzene rings is 2. The summed E-state index contributed by atoms with van der Waals surface area (Å²) in [5.41, 5.74) is 4.20. The number of aryl methyl sites for hydroxylation is 2. The highest BCUT2D eigenvalue weighted by atomic mass is 32.2. The van der Waals surface area contributed by atoms with E-state index in [1.807, 2.05) is 49.4 Å². The number of hydrogen-bond donors (Lipinski definition) is 1. The van der Waals surface area contributed by atoms with Crippen molar-refractivity contribution in [3.05, 3.63) is 64.7 Å². The van der Waals surface area contributed by atoms with Gasteiger partial charge in [-0.15, -0.1) is 0 Å². The van der Waals surface area contributed by atoms with Crippen molar-refractivity contribution in [1.82, 2.24) is 9.62 Å². The highest BCUT2D eigenvalue weighted by molar-refractivity contribution is 7.88. The van der Waals surface area contributed by atoms with Gasteiger partial charge in [0, 0.05) is 6.54 Å². The zero-order valence-electron chi connectivity index (χ0n) is 17.1. The van der Waals surface area contributed by atoms with E-state index in [1.54, 1.807) is 7.11 Å². The second-order valence-corrected chi connectivity index (χ2v) is 9.58. The van der Waals surface area contributed by atoms with Gasteiger partial charge in [-0.3, -0.25) is 4.79 Å². The van der Waals surface area contributed by atoms with Crippen LogP contribution in [0.3, 0.4) is 0 Å². The third-order valence-corrected chi connectivity index (χ3v) is 6.46. The van der Waals surface area contributed by atoms with Crippen molar-refractivity contribution in [2.75, 3.05) is 19.9 Å². The molecule has 0 bridgehead atoms. The first-order valence-electron chi connectivity index (χ1n) is 9.73. The summed E-state index contributed by atoms with van der Waals surface area (Å²) in [7, 11) is -1.89. The maximum absolute atomic E-state index is 12.7. The number of hydrogen-bond acceptors (Lipinski definition) is 4. The number of ether oxygens (including phenoxy) is 1. The van der Waals surface area contributed by atoms with Crippen LogP contribution >= 0.6 is 0 Å². The van der Waals surface area contributed by atoms with E-state index < -0.39 is 10.0 Å². The summed E-state index contributed by atoms with van der Waals surface area (Å²) in [6.45, 7) is 1.95. The van der Waals surface area contributed by atoms with Crippen molar-refractivity contribution in [3.63, 3.8) is 0 Å². The van der Waals surface area contributed by atoms with Crippen molar-refractivity contribution in [3.8, 4) is 5.75 Å². The topological polar surface area (TPSA) is 75.7 Å². The Bertz CT molecular complexity index is 971. The first-order valence-corrected chi connectivity index (χ1v) is 11.6. The van der Waals surface area contributed by atoms with Gasteiger partial charge in [-0.2, -0.15) is 4.31 Å². The highest BCUT2D eigenvalue weighted by Gasteiger charge is 2.25. The van der Waals surface area contributed by atoms with Crippen LogP contribution < -0.4 is 10.1 Å². The Balaban J connectivity index is 1.70. The molecule has 1 N–H and O–H groups in total. The van der Waals surface area contributed by atoms with Gasteiger partial charge in [0.1, 0.15) is 5.75 Å². The summed E-state index contributed by atoms with van der Waals surface area (Å²) >= 11 is 0. The van der Waals surface area contributed by atoms with E-state index in [1.165, 1.54) is 9.87 Å². The van der Waals surface area contributed by atoms with E-state index >= 15 is 0 Å². The van der Waals surface area contributed by atoms with Gasteiger partial charge in [-0.1, -0.05) is 35.9 Å². The minimum absolute atomic E-state index is 0.113. The fraction of sp³-hybridized carbons (Fsp3) is 0.409. The first kappa shape index (κ1) is 21.3. The third-order valence-electron chi connectivity index (χ3n) is 5.27. The Morgan fingerprint density at radius 3 is 2.59 bits per heavy atom. The van der Waals surface area contributed by atoms with E-state index in [9.17, 15) is 13.2 Å². The summed E-state index contributed by atoms with van der Waals surface area (Å²) in [6.07, 6.45) is 3.88. The van der Waals surface area contributed by atoms with Gasteiger partial charge in [0.25, 0.3) is 0 Å². The summed E-state index contributed by atoms with van der Waals surface area (Å²) in [4.78, 5) is 12.7. The lowest BCUT2D eigenvalue weighted by molar-refractivity contribution is -0.122. The summed E-state index contributed by atoms with van der Waals surface area (Å²) in [6, 6.07) is 13.4. The molecule has 1 amide bonds. The number of carbonyl (C=O) groups is 1. The first-order chi connectivity index (χ1) is 13.8. The molecular formula is C22H28N2O4S. The second kappa shape index (κ2) is 8.97. The van der Waals surface area contributed by atoms with Gasteiger partial charge in [0.15, 0.2) is 0 Å². The van der Waals surface area contributed by atoms with Crippen molar-refractivity contribution in [2.24, 2.45) is 0 Å². The highest BCUT2D eigenvalue weighted by Crippen LogP contribution is 2.32. The lowest BCUT2D eigenvalue weighted by Crippen LogP contribution is -2.41. The number of amides is 1. The van der Waals surface area contributed by atoms with E-state index in [2.05, 4.69) is 5.32 Å². The minimum atomic E-state index is -3.52. The van der Waals surface area contributed by atoms with Crippen LogP contribution in [0.15, 0.2) is 42.5 Å². The predicted octanol–water partition coefficient (Wildman–Crippen LogP) is 2.96. The van der Waals surface area contributed by atoms with Crippen LogP contribution in [0.5, 0.6) is 5.75 Å². The van der Waals surface area contributed by atoms with Gasteiger partial charge >= 0.3 is 0 Å². The summed E-state index contributed by atoms with van der Waals surface area (Å²) < 4.78 is 31.0. The number of nitrogens with zero attached hydrogens (tertiary/aromatic N) is 1. The zero-order chi connectivity index (χ0) is 21.0. The van der Waals surface area contributed by atoms with Crippen LogP contribution in [0.4, 0.5) is 0 Å². The van der Waals surface area contributed by atoms with Gasteiger partial charge in [-0.25, -0.2) is 8.42 Å². The maximum Gasteiger partial charge on any atom is 0.235 e. The lowest BCUT2D eigenvalue weighted by Gasteiger charge is -2.28. The molecule has 0 aromatic heterocycles. The average molecular weight is 417 g/mol. The van der Waals surface area contributed by atoms with Crippen LogP contribution in [0.25, 0.3) is 0 Å². The number of fused-ring (bicyclic) bond motifs is 1. The predicted molar refractivity (Wildman–Crippen MR) is 113 cm³/mol. The van der Waals surface area contributed by atoms with E-state index in [-0.39, 0.29) is 25.0 Å². The molecule has 1 aliphatic carbocycles. The van der Waals surface area contributed by atoms with Crippen molar-refractivity contribution >= 4 is 15.9 Å². The van der Waals surface area contributed by atoms with Gasteiger partial charge in [0.05, 0.1) is 26.0 Å². The number of methoxy groups -OCH3 is 1. The Hall–Kier alpha value is -2.38. The molecule has 0 fully saturated rings. The molecule has 6 nitrogen and oxygen atoms in total. The Morgan fingerprint density at radius 1 is 1.21 bits per heavy atom. The fourth-order valence-electron chi connectivity index (χ4n) is 3.66. The summed E-state index contributed by atoms with van der Waals surface area (Å²) in [5.74, 6) is 0.508. The molecule has 2 aromatic carbocycles. The molecule has 0 spiro atoms. The number of rotatable bonds is 7. The number of carbonyl (C=O) groups excluding carboxylic acids is 1. The van der Waals surface area contributed by atoms with Gasteiger partial charge < -0.3 is 10.1 Å². The normalized spacial score (nSPS) is 16.3. The van der Waals surface area contributed by atoms with Crippen LogP contribution in [0, 0.1) is 6.92 Å². The second-order valence-electron chi connectivity index (χ2n) is 7.59. The molecule has 7 heteroatoms. The van der Waals surface area contributed by atoms with Crippen LogP contribution in [-0.2, 0) is 27.8 Å². The molecule has 0 saturated heterocycles. The van der Waals surface area contributed by atoms with E-state index in [0.717, 1.165) is 48.0 Å². The smallest absolute Gasteiger partial charge is 0.235 e. The number of nitrogens with one attached hydrogen (secondary N) is 1. The summed E-state index contributed by atoms with van der Waals surface area (Å²) in [5, 5.41) is 3.02. The van der Waals surface area contributed by atoms with Crippen LogP contribution in [-0.4, -0.2) is 38.5 Å². The molecule has 29 heavy (non-hydrogen) atoms. The molecule has 0 radical (unpaired) electrons. The maximum atomic E-state index is 12.7. The third kappa shape index (κ3) is 5.58. The molecule has 0 saturated carbocycles. The molecular weight excluding hydrogens is 388 g/mol. The lowest BCUT2D eigenvalue weighted by atomic mass is 9.87. The molecule has 2 aromatic rings. The van der Waals surface area contributed by atoms with E-state index in [0.29, 0.717) is 0 Å². The Morgan fingerprint density at radius 2 is 1.93 bits per heavy atom. The zero-order valence-corrected chi connectivity index (χ0v) is 18.0. The Kier molecular flexibility index (Phi) is 6.59. The van der Waals surface area contributed by atoms with Crippen LogP contribution in [0.1, 0.15) is 41.1 Å². The molecule has 3 rings (SSSR count). The van der Waals surface area contributed by atoms with Crippen molar-refractivity contribution < 1.29 is 17.9 Å². The number of sulfonamides is 1. The quantitative estimate of drug-likeness (QED) is 0.753. The SMILES string of the molecule is COc1ccc2c(c1)CCC[C@H]2NC(=O)CN(Cc1ccc(C)cc1)S(C)(=O)=O. The average Bonchev–Trinajstić information content (AvgIpc) is 2.68. The molecule has 0 aliphatic heterocycles. The van der Waals surface area contributed by atoms with Crippen molar-refractivity contribution in [2.45, 2.75) is 38.8 Å². The van der Waals surface area contributed by atoms with Gasteiger partial charge in [-0.05, 0) is 55.0 Å². The van der Waals surface area contributed by atoms with Crippen molar-refractivity contribution in [1.29, 1.82) is 0 Å². The van der Waals surface area contributed by atoms with Crippen LogP contribution in [0.2, 0.25) is 0 Å². The molecule has 0 heterocycles. The Labute approximate surface area is 172 Å². The molecule has 156 valence electrons. The minimum Gasteiger partial charge on any atom is -0.497 e. The molecule has 1 atom stereocenters. The monoisotopic (exact) mass is 416 g/mol. The largest absolute Gasteiger partial charge is 0.497 e. The molecule has 0 unspecified atom stereocenters. The molecule has 1 aliphatic rings.